The summed E-state index contributed by atoms with van der Waals surface area (Å²) in [7, 11) is 3.09. The Morgan fingerprint density at radius 2 is 2.00 bits per heavy atom. The molecule has 0 aliphatic carbocycles. The quantitative estimate of drug-likeness (QED) is 0.671. The molecule has 0 bridgehead atoms. The summed E-state index contributed by atoms with van der Waals surface area (Å²) in [6.07, 6.45) is 0. The third-order valence-electron chi connectivity index (χ3n) is 1.58. The second kappa shape index (κ2) is 5.69. The van der Waals surface area contributed by atoms with Crippen molar-refractivity contribution in [3.8, 4) is 6.01 Å². The number of rotatable bonds is 4. The number of urea groups is 1. The Bertz CT molecular complexity index is 347. The van der Waals surface area contributed by atoms with E-state index in [2.05, 4.69) is 30.9 Å². The average molecular weight is 226 g/mol. The van der Waals surface area contributed by atoms with Crippen LogP contribution < -0.4 is 20.7 Å². The van der Waals surface area contributed by atoms with Crippen LogP contribution in [0.4, 0.5) is 16.7 Å². The summed E-state index contributed by atoms with van der Waals surface area (Å²) >= 11 is 0. The highest BCUT2D eigenvalue weighted by atomic mass is 16.5. The number of carbonyl (C=O) groups is 1. The molecule has 0 spiro atoms. The number of amides is 2. The van der Waals surface area contributed by atoms with Crippen LogP contribution in [0.25, 0.3) is 0 Å². The summed E-state index contributed by atoms with van der Waals surface area (Å²) in [5.41, 5.74) is 0. The Hall–Kier alpha value is -2.12. The summed E-state index contributed by atoms with van der Waals surface area (Å²) in [5, 5.41) is 7.75. The van der Waals surface area contributed by atoms with Crippen LogP contribution in [0.5, 0.6) is 6.01 Å². The zero-order valence-electron chi connectivity index (χ0n) is 9.37. The predicted molar refractivity (Wildman–Crippen MR) is 58.6 cm³/mol. The Labute approximate surface area is 92.8 Å². The minimum atomic E-state index is -0.377. The molecule has 8 nitrogen and oxygen atoms in total. The molecule has 0 saturated carbocycles. The maximum Gasteiger partial charge on any atom is 0.322 e. The number of carbonyl (C=O) groups excluding carboxylic acids is 1. The number of ether oxygens (including phenoxy) is 1. The van der Waals surface area contributed by atoms with Gasteiger partial charge in [-0.2, -0.15) is 15.0 Å². The van der Waals surface area contributed by atoms with Crippen molar-refractivity contribution < 1.29 is 9.53 Å². The van der Waals surface area contributed by atoms with E-state index in [-0.39, 0.29) is 18.0 Å². The molecular formula is C8H14N6O2. The Balaban J connectivity index is 2.82. The van der Waals surface area contributed by atoms with Gasteiger partial charge < -0.3 is 15.4 Å². The van der Waals surface area contributed by atoms with E-state index in [9.17, 15) is 4.79 Å². The number of methoxy groups -OCH3 is 1. The van der Waals surface area contributed by atoms with E-state index in [1.807, 2.05) is 6.92 Å². The van der Waals surface area contributed by atoms with Crippen LogP contribution in [0.1, 0.15) is 6.92 Å². The van der Waals surface area contributed by atoms with E-state index in [1.165, 1.54) is 7.11 Å². The topological polar surface area (TPSA) is 101 Å². The van der Waals surface area contributed by atoms with Gasteiger partial charge in [0.25, 0.3) is 0 Å². The molecule has 16 heavy (non-hydrogen) atoms. The van der Waals surface area contributed by atoms with Gasteiger partial charge >= 0.3 is 12.0 Å². The van der Waals surface area contributed by atoms with Crippen molar-refractivity contribution in [2.75, 3.05) is 31.3 Å². The number of aromatic nitrogens is 3. The van der Waals surface area contributed by atoms with Gasteiger partial charge in [0.05, 0.1) is 7.11 Å². The van der Waals surface area contributed by atoms with E-state index in [1.54, 1.807) is 7.05 Å². The minimum Gasteiger partial charge on any atom is -0.467 e. The molecule has 0 saturated heterocycles. The molecule has 0 radical (unpaired) electrons. The molecule has 0 aromatic carbocycles. The van der Waals surface area contributed by atoms with E-state index in [4.69, 9.17) is 4.74 Å². The standard InChI is InChI=1S/C8H14N6O2/c1-4-10-7(15)12-6-11-5(9-2)13-8(14-6)16-3/h4H2,1-3H3,(H3,9,10,11,12,13,14,15). The van der Waals surface area contributed by atoms with Crippen molar-refractivity contribution in [1.29, 1.82) is 0 Å². The van der Waals surface area contributed by atoms with Gasteiger partial charge in [-0.15, -0.1) is 0 Å². The van der Waals surface area contributed by atoms with Gasteiger partial charge in [0.2, 0.25) is 11.9 Å². The molecule has 0 atom stereocenters. The molecule has 2 amide bonds. The zero-order chi connectivity index (χ0) is 12.0. The lowest BCUT2D eigenvalue weighted by atomic mass is 10.7. The first-order valence-corrected chi connectivity index (χ1v) is 4.72. The fraction of sp³-hybridized carbons (Fsp3) is 0.500. The molecule has 0 unspecified atom stereocenters. The summed E-state index contributed by atoms with van der Waals surface area (Å²) in [6.45, 7) is 2.33. The molecule has 88 valence electrons. The Morgan fingerprint density at radius 1 is 1.31 bits per heavy atom. The molecule has 1 heterocycles. The first-order chi connectivity index (χ1) is 7.69. The van der Waals surface area contributed by atoms with Crippen LogP contribution >= 0.6 is 0 Å². The SMILES string of the molecule is CCNC(=O)Nc1nc(NC)nc(OC)n1. The first-order valence-electron chi connectivity index (χ1n) is 4.72. The third-order valence-corrected chi connectivity index (χ3v) is 1.58. The lowest BCUT2D eigenvalue weighted by Crippen LogP contribution is -2.29. The third kappa shape index (κ3) is 3.23. The molecule has 1 aromatic rings. The van der Waals surface area contributed by atoms with E-state index in [0.29, 0.717) is 12.5 Å². The van der Waals surface area contributed by atoms with Crippen molar-refractivity contribution in [1.82, 2.24) is 20.3 Å². The van der Waals surface area contributed by atoms with Crippen molar-refractivity contribution in [3.05, 3.63) is 0 Å². The highest BCUT2D eigenvalue weighted by Crippen LogP contribution is 2.09. The Morgan fingerprint density at radius 3 is 2.56 bits per heavy atom. The van der Waals surface area contributed by atoms with Gasteiger partial charge in [0.15, 0.2) is 0 Å². The molecule has 1 rings (SSSR count). The number of nitrogens with one attached hydrogen (secondary N) is 3. The smallest absolute Gasteiger partial charge is 0.322 e. The second-order valence-electron chi connectivity index (χ2n) is 2.70. The van der Waals surface area contributed by atoms with Crippen LogP contribution in [0.15, 0.2) is 0 Å². The lowest BCUT2D eigenvalue weighted by molar-refractivity contribution is 0.252. The predicted octanol–water partition coefficient (Wildman–Crippen LogP) is 0.0633. The van der Waals surface area contributed by atoms with Gasteiger partial charge in [-0.1, -0.05) is 0 Å². The number of hydrogen-bond acceptors (Lipinski definition) is 6. The van der Waals surface area contributed by atoms with E-state index >= 15 is 0 Å². The van der Waals surface area contributed by atoms with Crippen LogP contribution in [0.3, 0.4) is 0 Å². The first kappa shape index (κ1) is 12.0. The van der Waals surface area contributed by atoms with E-state index < -0.39 is 0 Å². The molecule has 8 heteroatoms. The van der Waals surface area contributed by atoms with Crippen LogP contribution in [0.2, 0.25) is 0 Å². The average Bonchev–Trinajstić information content (AvgIpc) is 2.28. The van der Waals surface area contributed by atoms with Gasteiger partial charge in [0, 0.05) is 13.6 Å². The van der Waals surface area contributed by atoms with Crippen molar-refractivity contribution in [3.63, 3.8) is 0 Å². The number of nitrogens with zero attached hydrogens (tertiary/aromatic N) is 3. The fourth-order valence-corrected chi connectivity index (χ4v) is 0.922. The molecule has 1 aromatic heterocycles. The Kier molecular flexibility index (Phi) is 4.25. The summed E-state index contributed by atoms with van der Waals surface area (Å²) in [6, 6.07) is -0.246. The van der Waals surface area contributed by atoms with Gasteiger partial charge in [-0.25, -0.2) is 4.79 Å². The molecule has 0 aliphatic heterocycles. The van der Waals surface area contributed by atoms with Crippen molar-refractivity contribution >= 4 is 17.9 Å². The van der Waals surface area contributed by atoms with Crippen molar-refractivity contribution in [2.45, 2.75) is 6.92 Å². The minimum absolute atomic E-state index is 0.127. The molecule has 0 aliphatic rings. The summed E-state index contributed by atoms with van der Waals surface area (Å²) in [5.74, 6) is 0.445. The van der Waals surface area contributed by atoms with Crippen molar-refractivity contribution in [2.24, 2.45) is 0 Å². The second-order valence-corrected chi connectivity index (χ2v) is 2.70. The van der Waals surface area contributed by atoms with Gasteiger partial charge in [-0.3, -0.25) is 5.32 Å². The number of hydrogen-bond donors (Lipinski definition) is 3. The molecular weight excluding hydrogens is 212 g/mol. The summed E-state index contributed by atoms with van der Waals surface area (Å²) < 4.78 is 4.86. The van der Waals surface area contributed by atoms with Crippen LogP contribution in [-0.2, 0) is 0 Å². The van der Waals surface area contributed by atoms with Crippen LogP contribution in [-0.4, -0.2) is 41.7 Å². The van der Waals surface area contributed by atoms with E-state index in [0.717, 1.165) is 0 Å². The fourth-order valence-electron chi connectivity index (χ4n) is 0.922. The summed E-state index contributed by atoms with van der Waals surface area (Å²) in [4.78, 5) is 22.9. The maximum atomic E-state index is 11.2. The van der Waals surface area contributed by atoms with Gasteiger partial charge in [0.1, 0.15) is 0 Å². The lowest BCUT2D eigenvalue weighted by Gasteiger charge is -2.06. The highest BCUT2D eigenvalue weighted by molar-refractivity contribution is 5.87. The zero-order valence-corrected chi connectivity index (χ0v) is 9.37. The highest BCUT2D eigenvalue weighted by Gasteiger charge is 2.08. The molecule has 0 fully saturated rings. The largest absolute Gasteiger partial charge is 0.467 e. The number of anilines is 2. The maximum absolute atomic E-state index is 11.2. The van der Waals surface area contributed by atoms with Gasteiger partial charge in [-0.05, 0) is 6.92 Å². The monoisotopic (exact) mass is 226 g/mol. The normalized spacial score (nSPS) is 9.44. The van der Waals surface area contributed by atoms with Crippen LogP contribution in [0, 0.1) is 0 Å². The molecule has 3 N–H and O–H groups in total.